The first-order valence-corrected chi connectivity index (χ1v) is 5.51. The maximum atomic E-state index is 14.4. The van der Waals surface area contributed by atoms with Crippen LogP contribution < -0.4 is 5.32 Å². The fourth-order valence-electron chi connectivity index (χ4n) is 2.17. The van der Waals surface area contributed by atoms with Crippen LogP contribution in [0.4, 0.5) is 4.39 Å². The van der Waals surface area contributed by atoms with Crippen LogP contribution in [0.2, 0.25) is 0 Å². The molecule has 2 saturated heterocycles. The molecule has 0 aromatic rings. The van der Waals surface area contributed by atoms with E-state index in [0.29, 0.717) is 0 Å². The number of aliphatic hydroxyl groups excluding tert-OH is 4. The number of halogens is 1. The molecule has 17 heavy (non-hydrogen) atoms. The lowest BCUT2D eigenvalue weighted by atomic mass is 10.1. The second-order valence-electron chi connectivity index (χ2n) is 4.34. The summed E-state index contributed by atoms with van der Waals surface area (Å²) in [5.74, 6) is -2.33. The number of ether oxygens (including phenoxy) is 1. The highest BCUT2D eigenvalue weighted by molar-refractivity contribution is 4.89. The molecule has 0 spiro atoms. The standard InChI is InChI=1S/C9H17FN2O5/c10-9(3-5(14)6(4-13)17-9)12-2-1-7(15)11-8(12)16/h5-8,11,13-16H,1-4H2/t5-,6+,7+,8?,9?/m0/s1. The first-order chi connectivity index (χ1) is 7.96. The largest absolute Gasteiger partial charge is 0.394 e. The Morgan fingerprint density at radius 1 is 1.41 bits per heavy atom. The number of hydrogen-bond donors (Lipinski definition) is 5. The van der Waals surface area contributed by atoms with Crippen LogP contribution in [0.1, 0.15) is 12.8 Å². The lowest BCUT2D eigenvalue weighted by Gasteiger charge is -2.41. The van der Waals surface area contributed by atoms with Gasteiger partial charge in [0.1, 0.15) is 12.3 Å². The molecule has 5 atom stereocenters. The summed E-state index contributed by atoms with van der Waals surface area (Å²) in [6.45, 7) is -0.413. The predicted octanol–water partition coefficient (Wildman–Crippen LogP) is -2.36. The first-order valence-electron chi connectivity index (χ1n) is 5.51. The normalized spacial score (nSPS) is 48.5. The number of aliphatic hydroxyl groups is 4. The molecule has 7 nitrogen and oxygen atoms in total. The Balaban J connectivity index is 2.06. The van der Waals surface area contributed by atoms with Gasteiger partial charge in [-0.05, 0) is 6.42 Å². The van der Waals surface area contributed by atoms with E-state index < -0.39 is 37.4 Å². The van der Waals surface area contributed by atoms with Gasteiger partial charge in [-0.25, -0.2) is 4.90 Å². The molecule has 2 rings (SSSR count). The van der Waals surface area contributed by atoms with E-state index >= 15 is 0 Å². The number of nitrogens with one attached hydrogen (secondary N) is 1. The van der Waals surface area contributed by atoms with E-state index in [-0.39, 0.29) is 19.4 Å². The zero-order valence-corrected chi connectivity index (χ0v) is 9.16. The maximum absolute atomic E-state index is 14.4. The van der Waals surface area contributed by atoms with Gasteiger partial charge in [-0.2, -0.15) is 4.39 Å². The Labute approximate surface area is 97.4 Å². The van der Waals surface area contributed by atoms with Crippen molar-refractivity contribution >= 4 is 0 Å². The summed E-state index contributed by atoms with van der Waals surface area (Å²) in [5.41, 5.74) is 0. The van der Waals surface area contributed by atoms with Crippen molar-refractivity contribution in [2.75, 3.05) is 13.2 Å². The molecule has 5 N–H and O–H groups in total. The van der Waals surface area contributed by atoms with Crippen LogP contribution in [0.25, 0.3) is 0 Å². The molecular weight excluding hydrogens is 235 g/mol. The molecular formula is C9H17FN2O5. The SMILES string of the molecule is OC[C@H]1OC(F)(N2CC[C@@H](O)NC2O)C[C@@H]1O. The molecule has 2 aliphatic heterocycles. The van der Waals surface area contributed by atoms with Crippen LogP contribution in [0.15, 0.2) is 0 Å². The zero-order chi connectivity index (χ0) is 12.6. The minimum atomic E-state index is -2.33. The average Bonchev–Trinajstić information content (AvgIpc) is 2.54. The maximum Gasteiger partial charge on any atom is 0.274 e. The highest BCUT2D eigenvalue weighted by Gasteiger charge is 2.53. The van der Waals surface area contributed by atoms with Crippen molar-refractivity contribution in [3.63, 3.8) is 0 Å². The molecule has 0 amide bonds. The number of nitrogens with zero attached hydrogens (tertiary/aromatic N) is 1. The van der Waals surface area contributed by atoms with Crippen LogP contribution in [-0.2, 0) is 4.74 Å². The van der Waals surface area contributed by atoms with E-state index in [0.717, 1.165) is 4.90 Å². The molecule has 0 aromatic carbocycles. The van der Waals surface area contributed by atoms with Gasteiger partial charge in [-0.1, -0.05) is 0 Å². The summed E-state index contributed by atoms with van der Waals surface area (Å²) >= 11 is 0. The molecule has 100 valence electrons. The van der Waals surface area contributed by atoms with E-state index in [1.807, 2.05) is 0 Å². The highest BCUT2D eigenvalue weighted by Crippen LogP contribution is 2.36. The van der Waals surface area contributed by atoms with Crippen molar-refractivity contribution in [1.82, 2.24) is 10.2 Å². The lowest BCUT2D eigenvalue weighted by molar-refractivity contribution is -0.291. The van der Waals surface area contributed by atoms with E-state index in [1.54, 1.807) is 0 Å². The van der Waals surface area contributed by atoms with Gasteiger partial charge in [-0.15, -0.1) is 0 Å². The molecule has 2 fully saturated rings. The van der Waals surface area contributed by atoms with Crippen LogP contribution in [0, 0.1) is 0 Å². The molecule has 0 aliphatic carbocycles. The highest BCUT2D eigenvalue weighted by atomic mass is 19.2. The summed E-state index contributed by atoms with van der Waals surface area (Å²) in [5, 5.41) is 39.6. The molecule has 8 heteroatoms. The van der Waals surface area contributed by atoms with Crippen LogP contribution in [-0.4, -0.2) is 69.2 Å². The van der Waals surface area contributed by atoms with Gasteiger partial charge in [0, 0.05) is 6.54 Å². The third-order valence-corrected chi connectivity index (χ3v) is 3.11. The molecule has 2 unspecified atom stereocenters. The second kappa shape index (κ2) is 4.73. The fraction of sp³-hybridized carbons (Fsp3) is 1.00. The smallest absolute Gasteiger partial charge is 0.274 e. The van der Waals surface area contributed by atoms with Crippen molar-refractivity contribution in [1.29, 1.82) is 0 Å². The topological polar surface area (TPSA) is 105 Å². The molecule has 0 radical (unpaired) electrons. The monoisotopic (exact) mass is 252 g/mol. The summed E-state index contributed by atoms with van der Waals surface area (Å²) < 4.78 is 19.3. The Morgan fingerprint density at radius 3 is 2.65 bits per heavy atom. The summed E-state index contributed by atoms with van der Waals surface area (Å²) in [7, 11) is 0. The van der Waals surface area contributed by atoms with Crippen LogP contribution in [0.3, 0.4) is 0 Å². The molecule has 0 bridgehead atoms. The van der Waals surface area contributed by atoms with Crippen molar-refractivity contribution in [3.05, 3.63) is 0 Å². The van der Waals surface area contributed by atoms with Crippen molar-refractivity contribution in [2.45, 2.75) is 43.6 Å². The predicted molar refractivity (Wildman–Crippen MR) is 52.9 cm³/mol. The summed E-state index contributed by atoms with van der Waals surface area (Å²) in [4.78, 5) is 0.971. The third kappa shape index (κ3) is 2.43. The van der Waals surface area contributed by atoms with E-state index in [1.165, 1.54) is 0 Å². The van der Waals surface area contributed by atoms with Gasteiger partial charge in [0.25, 0.3) is 5.98 Å². The Kier molecular flexibility index (Phi) is 3.64. The van der Waals surface area contributed by atoms with Crippen LogP contribution in [0.5, 0.6) is 0 Å². The zero-order valence-electron chi connectivity index (χ0n) is 9.16. The van der Waals surface area contributed by atoms with Crippen molar-refractivity contribution < 1.29 is 29.6 Å². The summed E-state index contributed by atoms with van der Waals surface area (Å²) in [6.07, 6.45) is -4.54. The van der Waals surface area contributed by atoms with E-state index in [9.17, 15) is 19.7 Å². The minimum absolute atomic E-state index is 0.0801. The van der Waals surface area contributed by atoms with Gasteiger partial charge in [0.2, 0.25) is 0 Å². The molecule has 2 heterocycles. The van der Waals surface area contributed by atoms with Crippen molar-refractivity contribution in [2.24, 2.45) is 0 Å². The number of alkyl halides is 1. The van der Waals surface area contributed by atoms with Gasteiger partial charge in [0.05, 0.1) is 19.1 Å². The number of rotatable bonds is 2. The Morgan fingerprint density at radius 2 is 2.12 bits per heavy atom. The molecule has 0 saturated carbocycles. The van der Waals surface area contributed by atoms with Crippen LogP contribution >= 0.6 is 0 Å². The first kappa shape index (κ1) is 13.1. The molecule has 0 aromatic heterocycles. The Hall–Kier alpha value is -0.350. The average molecular weight is 252 g/mol. The number of hydrogen-bond acceptors (Lipinski definition) is 7. The lowest BCUT2D eigenvalue weighted by Crippen LogP contribution is -2.62. The third-order valence-electron chi connectivity index (χ3n) is 3.11. The Bertz CT molecular complexity index is 284. The van der Waals surface area contributed by atoms with Gasteiger partial charge in [-0.3, -0.25) is 5.32 Å². The summed E-state index contributed by atoms with van der Waals surface area (Å²) in [6, 6.07) is 0. The van der Waals surface area contributed by atoms with Crippen molar-refractivity contribution in [3.8, 4) is 0 Å². The fourth-order valence-corrected chi connectivity index (χ4v) is 2.17. The van der Waals surface area contributed by atoms with Gasteiger partial charge >= 0.3 is 0 Å². The quantitative estimate of drug-likeness (QED) is 0.350. The second-order valence-corrected chi connectivity index (χ2v) is 4.34. The van der Waals surface area contributed by atoms with E-state index in [2.05, 4.69) is 5.32 Å². The van der Waals surface area contributed by atoms with Gasteiger partial charge < -0.3 is 25.2 Å². The van der Waals surface area contributed by atoms with Gasteiger partial charge in [0.15, 0.2) is 6.35 Å². The minimum Gasteiger partial charge on any atom is -0.394 e. The van der Waals surface area contributed by atoms with E-state index in [4.69, 9.17) is 9.84 Å². The molecule has 2 aliphatic rings.